The van der Waals surface area contributed by atoms with Gasteiger partial charge in [-0.05, 0) is 20.3 Å². The SMILES string of the molecule is CCCCCCCCC(=O)C1(F)CC(C)=C(C)CC1(F)C(F)(F)C(F)(F)F. The predicted octanol–water partition coefficient (Wildman–Crippen LogP) is 7.05. The molecule has 1 aliphatic rings. The molecule has 8 heteroatoms. The Hall–Kier alpha value is -1.08. The Bertz CT molecular complexity index is 567. The molecule has 0 aromatic carbocycles. The van der Waals surface area contributed by atoms with Gasteiger partial charge in [-0.3, -0.25) is 4.79 Å². The van der Waals surface area contributed by atoms with Gasteiger partial charge >= 0.3 is 12.1 Å². The summed E-state index contributed by atoms with van der Waals surface area (Å²) < 4.78 is 96.9. The first-order valence-electron chi connectivity index (χ1n) is 9.25. The van der Waals surface area contributed by atoms with Crippen molar-refractivity contribution in [2.45, 2.75) is 102 Å². The van der Waals surface area contributed by atoms with E-state index in [0.29, 0.717) is 6.42 Å². The van der Waals surface area contributed by atoms with Gasteiger partial charge in [0, 0.05) is 19.3 Å². The fraction of sp³-hybridized carbons (Fsp3) is 0.842. The molecule has 0 bridgehead atoms. The number of carbonyl (C=O) groups is 1. The molecule has 0 aliphatic heterocycles. The molecule has 0 spiro atoms. The summed E-state index contributed by atoms with van der Waals surface area (Å²) in [5, 5.41) is 0. The van der Waals surface area contributed by atoms with Crippen LogP contribution in [0.5, 0.6) is 0 Å². The van der Waals surface area contributed by atoms with Crippen molar-refractivity contribution >= 4 is 5.78 Å². The molecule has 0 heterocycles. The van der Waals surface area contributed by atoms with Crippen molar-refractivity contribution in [3.63, 3.8) is 0 Å². The number of Topliss-reactive ketones (excluding diaryl/α,β-unsaturated/α-hetero) is 1. The quantitative estimate of drug-likeness (QED) is 0.229. The number of halogens is 7. The van der Waals surface area contributed by atoms with Gasteiger partial charge in [0.05, 0.1) is 0 Å². The molecule has 1 nitrogen and oxygen atoms in total. The molecule has 2 unspecified atom stereocenters. The summed E-state index contributed by atoms with van der Waals surface area (Å²) >= 11 is 0. The molecule has 0 aromatic heterocycles. The zero-order chi connectivity index (χ0) is 21.1. The van der Waals surface area contributed by atoms with Crippen LogP contribution in [-0.2, 0) is 4.79 Å². The number of alkyl halides is 7. The van der Waals surface area contributed by atoms with Gasteiger partial charge in [0.15, 0.2) is 5.78 Å². The van der Waals surface area contributed by atoms with Crippen LogP contribution in [0.2, 0.25) is 0 Å². The standard InChI is InChI=1S/C19H27F7O/c1-4-5-6-7-8-9-10-15(27)16(20)11-13(2)14(3)12-17(16,21)18(22,23)19(24,25)26/h4-12H2,1-3H3. The lowest BCUT2D eigenvalue weighted by molar-refractivity contribution is -0.344. The van der Waals surface area contributed by atoms with E-state index in [2.05, 4.69) is 0 Å². The van der Waals surface area contributed by atoms with Gasteiger partial charge in [0.2, 0.25) is 11.3 Å². The predicted molar refractivity (Wildman–Crippen MR) is 89.3 cm³/mol. The molecule has 0 saturated carbocycles. The van der Waals surface area contributed by atoms with E-state index in [4.69, 9.17) is 0 Å². The molecule has 0 N–H and O–H groups in total. The van der Waals surface area contributed by atoms with E-state index in [1.165, 1.54) is 13.8 Å². The Labute approximate surface area is 155 Å². The molecule has 0 aromatic rings. The Kier molecular flexibility index (Phi) is 7.56. The highest BCUT2D eigenvalue weighted by molar-refractivity contribution is 5.90. The van der Waals surface area contributed by atoms with Gasteiger partial charge in [-0.25, -0.2) is 8.78 Å². The van der Waals surface area contributed by atoms with Crippen molar-refractivity contribution in [2.24, 2.45) is 0 Å². The van der Waals surface area contributed by atoms with E-state index in [1.54, 1.807) is 0 Å². The number of ketones is 1. The number of hydrogen-bond acceptors (Lipinski definition) is 1. The summed E-state index contributed by atoms with van der Waals surface area (Å²) in [7, 11) is 0. The lowest BCUT2D eigenvalue weighted by Crippen LogP contribution is -2.68. The molecule has 0 fully saturated rings. The summed E-state index contributed by atoms with van der Waals surface area (Å²) in [5.41, 5.74) is -8.53. The molecule has 0 amide bonds. The van der Waals surface area contributed by atoms with Gasteiger partial charge in [-0.15, -0.1) is 0 Å². The first-order valence-corrected chi connectivity index (χ1v) is 9.25. The molecule has 1 aliphatic carbocycles. The smallest absolute Gasteiger partial charge is 0.296 e. The van der Waals surface area contributed by atoms with E-state index in [9.17, 15) is 26.7 Å². The van der Waals surface area contributed by atoms with Crippen LogP contribution in [-0.4, -0.2) is 29.2 Å². The number of allylic oxidation sites excluding steroid dienone is 2. The van der Waals surface area contributed by atoms with Gasteiger partial charge in [-0.2, -0.15) is 22.0 Å². The molecule has 1 rings (SSSR count). The first-order chi connectivity index (χ1) is 12.2. The summed E-state index contributed by atoms with van der Waals surface area (Å²) in [6.45, 7) is 4.49. The van der Waals surface area contributed by atoms with Crippen LogP contribution in [0, 0.1) is 0 Å². The third kappa shape index (κ3) is 4.50. The van der Waals surface area contributed by atoms with Crippen molar-refractivity contribution < 1.29 is 35.5 Å². The minimum atomic E-state index is -6.30. The first kappa shape index (κ1) is 24.0. The van der Waals surface area contributed by atoms with E-state index < -0.39 is 48.5 Å². The highest BCUT2D eigenvalue weighted by Gasteiger charge is 2.80. The van der Waals surface area contributed by atoms with Crippen LogP contribution >= 0.6 is 0 Å². The summed E-state index contributed by atoms with van der Waals surface area (Å²) in [6, 6.07) is 0. The van der Waals surface area contributed by atoms with Crippen molar-refractivity contribution in [3.8, 4) is 0 Å². The van der Waals surface area contributed by atoms with Gasteiger partial charge < -0.3 is 0 Å². The molecule has 2 atom stereocenters. The Morgan fingerprint density at radius 1 is 0.889 bits per heavy atom. The minimum absolute atomic E-state index is 0.0953. The second-order valence-corrected chi connectivity index (χ2v) is 7.53. The van der Waals surface area contributed by atoms with Crippen molar-refractivity contribution in [2.75, 3.05) is 0 Å². The summed E-state index contributed by atoms with van der Waals surface area (Å²) in [6.07, 6.45) is -5.22. The van der Waals surface area contributed by atoms with Crippen molar-refractivity contribution in [3.05, 3.63) is 11.1 Å². The number of rotatable bonds is 9. The van der Waals surface area contributed by atoms with E-state index in [0.717, 1.165) is 25.7 Å². The Balaban J connectivity index is 3.09. The van der Waals surface area contributed by atoms with Crippen molar-refractivity contribution in [1.29, 1.82) is 0 Å². The zero-order valence-electron chi connectivity index (χ0n) is 15.9. The Morgan fingerprint density at radius 2 is 1.37 bits per heavy atom. The average Bonchev–Trinajstić information content (AvgIpc) is 2.54. The molecule has 0 radical (unpaired) electrons. The number of hydrogen-bond donors (Lipinski definition) is 0. The fourth-order valence-corrected chi connectivity index (χ4v) is 3.48. The van der Waals surface area contributed by atoms with Gasteiger partial charge in [0.1, 0.15) is 0 Å². The topological polar surface area (TPSA) is 17.1 Å². The third-order valence-corrected chi connectivity index (χ3v) is 5.43. The minimum Gasteiger partial charge on any atom is -0.296 e. The zero-order valence-corrected chi connectivity index (χ0v) is 15.9. The lowest BCUT2D eigenvalue weighted by atomic mass is 9.66. The van der Waals surface area contributed by atoms with E-state index in [-0.39, 0.29) is 17.6 Å². The molecular weight excluding hydrogens is 377 g/mol. The maximum atomic E-state index is 15.4. The molecule has 158 valence electrons. The Morgan fingerprint density at radius 3 is 1.89 bits per heavy atom. The number of unbranched alkanes of at least 4 members (excludes halogenated alkanes) is 5. The molecule has 27 heavy (non-hydrogen) atoms. The second kappa shape index (κ2) is 8.52. The summed E-state index contributed by atoms with van der Waals surface area (Å²) in [4.78, 5) is 12.3. The maximum absolute atomic E-state index is 15.4. The third-order valence-electron chi connectivity index (χ3n) is 5.43. The van der Waals surface area contributed by atoms with Crippen molar-refractivity contribution in [1.82, 2.24) is 0 Å². The monoisotopic (exact) mass is 404 g/mol. The molecular formula is C19H27F7O. The normalized spacial score (nSPS) is 27.2. The average molecular weight is 404 g/mol. The lowest BCUT2D eigenvalue weighted by Gasteiger charge is -2.46. The highest BCUT2D eigenvalue weighted by Crippen LogP contribution is 2.58. The highest BCUT2D eigenvalue weighted by atomic mass is 19.4. The van der Waals surface area contributed by atoms with Crippen LogP contribution < -0.4 is 0 Å². The van der Waals surface area contributed by atoms with Gasteiger partial charge in [0.25, 0.3) is 0 Å². The van der Waals surface area contributed by atoms with Crippen LogP contribution in [0.4, 0.5) is 30.7 Å². The number of carbonyl (C=O) groups excluding carboxylic acids is 1. The van der Waals surface area contributed by atoms with Crippen LogP contribution in [0.1, 0.15) is 78.6 Å². The van der Waals surface area contributed by atoms with Gasteiger partial charge in [-0.1, -0.05) is 50.2 Å². The van der Waals surface area contributed by atoms with Crippen LogP contribution in [0.25, 0.3) is 0 Å². The summed E-state index contributed by atoms with van der Waals surface area (Å²) in [5.74, 6) is -7.50. The second-order valence-electron chi connectivity index (χ2n) is 7.53. The van der Waals surface area contributed by atoms with E-state index in [1.807, 2.05) is 6.92 Å². The maximum Gasteiger partial charge on any atom is 0.456 e. The van der Waals surface area contributed by atoms with Crippen LogP contribution in [0.15, 0.2) is 11.1 Å². The van der Waals surface area contributed by atoms with E-state index >= 15 is 8.78 Å². The largest absolute Gasteiger partial charge is 0.456 e. The fourth-order valence-electron chi connectivity index (χ4n) is 3.48. The molecule has 0 saturated heterocycles. The van der Waals surface area contributed by atoms with Crippen LogP contribution in [0.3, 0.4) is 0 Å².